The lowest BCUT2D eigenvalue weighted by Crippen LogP contribution is -1.83. The predicted octanol–water partition coefficient (Wildman–Crippen LogP) is 3.66. The molecule has 5 heteroatoms. The van der Waals surface area contributed by atoms with Crippen molar-refractivity contribution in [2.75, 3.05) is 0 Å². The lowest BCUT2D eigenvalue weighted by Gasteiger charge is -1.95. The highest BCUT2D eigenvalue weighted by Crippen LogP contribution is 2.27. The van der Waals surface area contributed by atoms with Crippen molar-refractivity contribution in [2.45, 2.75) is 0 Å². The van der Waals surface area contributed by atoms with Gasteiger partial charge in [0.1, 0.15) is 5.75 Å². The van der Waals surface area contributed by atoms with E-state index in [2.05, 4.69) is 15.0 Å². The van der Waals surface area contributed by atoms with Gasteiger partial charge < -0.3 is 5.11 Å². The van der Waals surface area contributed by atoms with Gasteiger partial charge in [-0.05, 0) is 36.4 Å². The van der Waals surface area contributed by atoms with E-state index in [4.69, 9.17) is 0 Å². The van der Waals surface area contributed by atoms with Crippen LogP contribution in [-0.4, -0.2) is 21.3 Å². The van der Waals surface area contributed by atoms with Crippen molar-refractivity contribution in [3.05, 3.63) is 59.7 Å². The minimum atomic E-state index is 0.248. The molecule has 20 heavy (non-hydrogen) atoms. The highest BCUT2D eigenvalue weighted by molar-refractivity contribution is 7.13. The molecule has 4 nitrogen and oxygen atoms in total. The zero-order chi connectivity index (χ0) is 13.8. The summed E-state index contributed by atoms with van der Waals surface area (Å²) in [6.07, 6.45) is 3.42. The molecule has 3 rings (SSSR count). The molecule has 0 aliphatic heterocycles. The fourth-order valence-electron chi connectivity index (χ4n) is 1.66. The Balaban J connectivity index is 1.80. The lowest BCUT2D eigenvalue weighted by molar-refractivity contribution is 0.475. The third-order valence-electron chi connectivity index (χ3n) is 2.65. The van der Waals surface area contributed by atoms with Crippen molar-refractivity contribution < 1.29 is 5.11 Å². The van der Waals surface area contributed by atoms with Crippen LogP contribution in [0, 0.1) is 0 Å². The highest BCUT2D eigenvalue weighted by atomic mass is 32.1. The van der Waals surface area contributed by atoms with Crippen LogP contribution < -0.4 is 0 Å². The van der Waals surface area contributed by atoms with Crippen molar-refractivity contribution in [3.8, 4) is 17.0 Å². The van der Waals surface area contributed by atoms with Gasteiger partial charge in [-0.25, -0.2) is 9.98 Å². The second kappa shape index (κ2) is 5.63. The fraction of sp³-hybridized carbons (Fsp3) is 0. The number of phenols is 1. The first-order valence-electron chi connectivity index (χ1n) is 6.01. The van der Waals surface area contributed by atoms with Crippen molar-refractivity contribution in [2.24, 2.45) is 4.99 Å². The summed E-state index contributed by atoms with van der Waals surface area (Å²) in [5.74, 6) is 0.248. The molecule has 2 heterocycles. The lowest BCUT2D eigenvalue weighted by atomic mass is 10.2. The molecule has 0 radical (unpaired) electrons. The summed E-state index contributed by atoms with van der Waals surface area (Å²) in [5, 5.41) is 11.9. The van der Waals surface area contributed by atoms with Gasteiger partial charge in [0.25, 0.3) is 0 Å². The first-order chi connectivity index (χ1) is 9.81. The van der Waals surface area contributed by atoms with E-state index in [1.54, 1.807) is 24.5 Å². The van der Waals surface area contributed by atoms with E-state index in [1.165, 1.54) is 11.3 Å². The van der Waals surface area contributed by atoms with Crippen LogP contribution in [0.15, 0.2) is 59.0 Å². The molecule has 1 aromatic carbocycles. The molecule has 0 atom stereocenters. The van der Waals surface area contributed by atoms with E-state index in [-0.39, 0.29) is 5.75 Å². The molecular weight excluding hydrogens is 270 g/mol. The molecule has 0 bridgehead atoms. The quantitative estimate of drug-likeness (QED) is 0.745. The monoisotopic (exact) mass is 281 g/mol. The van der Waals surface area contributed by atoms with Gasteiger partial charge >= 0.3 is 0 Å². The molecule has 0 saturated carbocycles. The second-order valence-electron chi connectivity index (χ2n) is 4.07. The predicted molar refractivity (Wildman–Crippen MR) is 80.7 cm³/mol. The zero-order valence-electron chi connectivity index (χ0n) is 10.5. The van der Waals surface area contributed by atoms with E-state index in [0.29, 0.717) is 5.13 Å². The Morgan fingerprint density at radius 1 is 1.10 bits per heavy atom. The first-order valence-corrected chi connectivity index (χ1v) is 6.89. The Morgan fingerprint density at radius 2 is 1.95 bits per heavy atom. The molecule has 1 N–H and O–H groups in total. The van der Waals surface area contributed by atoms with Gasteiger partial charge in [0.15, 0.2) is 0 Å². The summed E-state index contributed by atoms with van der Waals surface area (Å²) in [7, 11) is 0. The summed E-state index contributed by atoms with van der Waals surface area (Å²) in [6, 6.07) is 12.6. The van der Waals surface area contributed by atoms with E-state index >= 15 is 0 Å². The van der Waals surface area contributed by atoms with Crippen LogP contribution in [0.4, 0.5) is 5.13 Å². The van der Waals surface area contributed by atoms with Crippen LogP contribution in [0.3, 0.4) is 0 Å². The maximum absolute atomic E-state index is 9.27. The second-order valence-corrected chi connectivity index (χ2v) is 4.91. The molecule has 98 valence electrons. The fourth-order valence-corrected chi connectivity index (χ4v) is 2.33. The Bertz CT molecular complexity index is 720. The summed E-state index contributed by atoms with van der Waals surface area (Å²) in [4.78, 5) is 12.9. The smallest absolute Gasteiger partial charge is 0.209 e. The molecule has 0 aliphatic rings. The van der Waals surface area contributed by atoms with Gasteiger partial charge in [0, 0.05) is 17.1 Å². The molecule has 0 saturated heterocycles. The highest BCUT2D eigenvalue weighted by Gasteiger charge is 2.03. The first kappa shape index (κ1) is 12.5. The number of hydrogen-bond donors (Lipinski definition) is 1. The summed E-state index contributed by atoms with van der Waals surface area (Å²) in [5.41, 5.74) is 2.61. The summed E-state index contributed by atoms with van der Waals surface area (Å²) >= 11 is 1.47. The molecule has 0 aliphatic carbocycles. The normalized spacial score (nSPS) is 11.0. The number of thiazole rings is 1. The van der Waals surface area contributed by atoms with Crippen molar-refractivity contribution >= 4 is 22.7 Å². The van der Waals surface area contributed by atoms with Crippen molar-refractivity contribution in [1.29, 1.82) is 0 Å². The largest absolute Gasteiger partial charge is 0.508 e. The summed E-state index contributed by atoms with van der Waals surface area (Å²) < 4.78 is 0. The standard InChI is InChI=1S/C15H11N3OS/c19-13-6-4-11(5-7-13)14-10-20-15(18-14)17-9-12-3-1-2-8-16-12/h1-10,19H/b17-9+. The van der Waals surface area contributed by atoms with Crippen LogP contribution in [0.2, 0.25) is 0 Å². The molecule has 0 spiro atoms. The van der Waals surface area contributed by atoms with Crippen LogP contribution in [-0.2, 0) is 0 Å². The third kappa shape index (κ3) is 2.89. The minimum Gasteiger partial charge on any atom is -0.508 e. The van der Waals surface area contributed by atoms with Gasteiger partial charge in [-0.2, -0.15) is 0 Å². The number of rotatable bonds is 3. The van der Waals surface area contributed by atoms with Crippen molar-refractivity contribution in [1.82, 2.24) is 9.97 Å². The van der Waals surface area contributed by atoms with E-state index in [9.17, 15) is 5.11 Å². The average Bonchev–Trinajstić information content (AvgIpc) is 2.96. The number of phenolic OH excluding ortho intramolecular Hbond substituents is 1. The molecule has 3 aromatic rings. The van der Waals surface area contributed by atoms with Crippen LogP contribution >= 0.6 is 11.3 Å². The number of pyridine rings is 1. The van der Waals surface area contributed by atoms with Crippen LogP contribution in [0.25, 0.3) is 11.3 Å². The van der Waals surface area contributed by atoms with Gasteiger partial charge in [-0.3, -0.25) is 4.98 Å². The molecule has 0 amide bonds. The zero-order valence-corrected chi connectivity index (χ0v) is 11.3. The van der Waals surface area contributed by atoms with Gasteiger partial charge in [0.05, 0.1) is 17.6 Å². The van der Waals surface area contributed by atoms with Crippen LogP contribution in [0.5, 0.6) is 5.75 Å². The van der Waals surface area contributed by atoms with Gasteiger partial charge in [-0.1, -0.05) is 6.07 Å². The third-order valence-corrected chi connectivity index (χ3v) is 3.40. The number of hydrogen-bond acceptors (Lipinski definition) is 5. The van der Waals surface area contributed by atoms with E-state index < -0.39 is 0 Å². The number of aliphatic imine (C=N–C) groups is 1. The van der Waals surface area contributed by atoms with Gasteiger partial charge in [-0.15, -0.1) is 11.3 Å². The molecule has 0 fully saturated rings. The minimum absolute atomic E-state index is 0.248. The van der Waals surface area contributed by atoms with Crippen LogP contribution in [0.1, 0.15) is 5.69 Å². The maximum Gasteiger partial charge on any atom is 0.209 e. The molecule has 2 aromatic heterocycles. The molecular formula is C15H11N3OS. The van der Waals surface area contributed by atoms with E-state index in [0.717, 1.165) is 17.0 Å². The van der Waals surface area contributed by atoms with Gasteiger partial charge in [0.2, 0.25) is 5.13 Å². The Morgan fingerprint density at radius 3 is 2.70 bits per heavy atom. The maximum atomic E-state index is 9.27. The number of aromatic nitrogens is 2. The Hall–Kier alpha value is -2.53. The Kier molecular flexibility index (Phi) is 3.52. The van der Waals surface area contributed by atoms with Crippen molar-refractivity contribution in [3.63, 3.8) is 0 Å². The number of nitrogens with zero attached hydrogens (tertiary/aromatic N) is 3. The molecule has 0 unspecified atom stereocenters. The summed E-state index contributed by atoms with van der Waals surface area (Å²) in [6.45, 7) is 0. The average molecular weight is 281 g/mol. The topological polar surface area (TPSA) is 58.4 Å². The van der Waals surface area contributed by atoms with E-state index in [1.807, 2.05) is 35.7 Å². The number of benzene rings is 1. The SMILES string of the molecule is Oc1ccc(-c2csc(/N=C/c3ccccn3)n2)cc1. The Labute approximate surface area is 120 Å². The number of aromatic hydroxyl groups is 1.